The summed E-state index contributed by atoms with van der Waals surface area (Å²) in [6.07, 6.45) is 0.757. The van der Waals surface area contributed by atoms with E-state index in [2.05, 4.69) is 15.9 Å². The van der Waals surface area contributed by atoms with Crippen molar-refractivity contribution in [2.75, 3.05) is 5.88 Å². The lowest BCUT2D eigenvalue weighted by Gasteiger charge is -2.03. The predicted octanol–water partition coefficient (Wildman–Crippen LogP) is 3.84. The van der Waals surface area contributed by atoms with E-state index in [9.17, 15) is 4.79 Å². The molecule has 0 aliphatic heterocycles. The molecule has 1 nitrogen and oxygen atoms in total. The molecule has 0 N–H and O–H groups in total. The highest BCUT2D eigenvalue weighted by Crippen LogP contribution is 2.22. The average Bonchev–Trinajstić information content (AvgIpc) is 2.10. The molecule has 0 fully saturated rings. The first-order chi connectivity index (χ1) is 6.63. The van der Waals surface area contributed by atoms with Gasteiger partial charge in [0.2, 0.25) is 0 Å². The van der Waals surface area contributed by atoms with E-state index in [1.165, 1.54) is 0 Å². The van der Waals surface area contributed by atoms with E-state index in [0.717, 1.165) is 10.0 Å². The van der Waals surface area contributed by atoms with Crippen molar-refractivity contribution in [1.82, 2.24) is 0 Å². The van der Waals surface area contributed by atoms with Crippen LogP contribution in [0.2, 0.25) is 5.02 Å². The van der Waals surface area contributed by atoms with Gasteiger partial charge in [-0.3, -0.25) is 4.79 Å². The van der Waals surface area contributed by atoms with Crippen LogP contribution >= 0.6 is 39.1 Å². The van der Waals surface area contributed by atoms with Gasteiger partial charge in [0.1, 0.15) is 5.78 Å². The normalized spacial score (nSPS) is 10.2. The summed E-state index contributed by atoms with van der Waals surface area (Å²) in [7, 11) is 0. The molecule has 0 spiro atoms. The molecular formula is C10H9BrCl2O. The summed E-state index contributed by atoms with van der Waals surface area (Å²) in [6, 6.07) is 5.50. The molecule has 0 amide bonds. The molecule has 0 saturated carbocycles. The molecule has 0 heterocycles. The number of hydrogen-bond donors (Lipinski definition) is 0. The average molecular weight is 296 g/mol. The Morgan fingerprint density at radius 1 is 1.43 bits per heavy atom. The molecule has 14 heavy (non-hydrogen) atoms. The largest absolute Gasteiger partial charge is 0.299 e. The smallest absolute Gasteiger partial charge is 0.138 e. The Hall–Kier alpha value is -0.0500. The first kappa shape index (κ1) is 12.0. The van der Waals surface area contributed by atoms with Crippen molar-refractivity contribution in [2.45, 2.75) is 12.8 Å². The Morgan fingerprint density at radius 3 is 2.71 bits per heavy atom. The number of Topliss-reactive ketones (excluding diaryl/α,β-unsaturated/α-hetero) is 1. The predicted molar refractivity (Wildman–Crippen MR) is 63.2 cm³/mol. The first-order valence-electron chi connectivity index (χ1n) is 4.15. The third-order valence-corrected chi connectivity index (χ3v) is 2.81. The summed E-state index contributed by atoms with van der Waals surface area (Å²) < 4.78 is 0.913. The number of halogens is 3. The quantitative estimate of drug-likeness (QED) is 0.771. The number of benzene rings is 1. The lowest BCUT2D eigenvalue weighted by Crippen LogP contribution is -2.03. The third-order valence-electron chi connectivity index (χ3n) is 1.78. The highest BCUT2D eigenvalue weighted by atomic mass is 79.9. The number of ketones is 1. The molecule has 0 saturated heterocycles. The lowest BCUT2D eigenvalue weighted by atomic mass is 10.1. The first-order valence-corrected chi connectivity index (χ1v) is 5.85. The van der Waals surface area contributed by atoms with E-state index >= 15 is 0 Å². The fraction of sp³-hybridized carbons (Fsp3) is 0.300. The summed E-state index contributed by atoms with van der Waals surface area (Å²) >= 11 is 14.7. The topological polar surface area (TPSA) is 17.1 Å². The van der Waals surface area contributed by atoms with E-state index in [1.807, 2.05) is 12.1 Å². The van der Waals surface area contributed by atoms with Crippen molar-refractivity contribution in [1.29, 1.82) is 0 Å². The molecule has 0 radical (unpaired) electrons. The molecule has 0 atom stereocenters. The molecule has 0 bridgehead atoms. The Labute approximate surface area is 102 Å². The Balaban J connectivity index is 2.72. The second-order valence-electron chi connectivity index (χ2n) is 2.89. The number of rotatable bonds is 4. The van der Waals surface area contributed by atoms with Crippen LogP contribution < -0.4 is 0 Å². The molecule has 76 valence electrons. The Kier molecular flexibility index (Phi) is 4.93. The number of carbonyl (C=O) groups is 1. The minimum atomic E-state index is 0.115. The van der Waals surface area contributed by atoms with Gasteiger partial charge in [-0.2, -0.15) is 0 Å². The van der Waals surface area contributed by atoms with Crippen LogP contribution in [0.1, 0.15) is 12.0 Å². The van der Waals surface area contributed by atoms with Gasteiger partial charge in [0.15, 0.2) is 0 Å². The van der Waals surface area contributed by atoms with E-state index in [1.54, 1.807) is 6.07 Å². The monoisotopic (exact) mass is 294 g/mol. The highest BCUT2D eigenvalue weighted by molar-refractivity contribution is 9.10. The van der Waals surface area contributed by atoms with Crippen molar-refractivity contribution in [3.8, 4) is 0 Å². The molecule has 4 heteroatoms. The maximum Gasteiger partial charge on any atom is 0.138 e. The highest BCUT2D eigenvalue weighted by Gasteiger charge is 2.06. The van der Waals surface area contributed by atoms with Crippen LogP contribution in [0.4, 0.5) is 0 Å². The van der Waals surface area contributed by atoms with Crippen LogP contribution in [-0.4, -0.2) is 11.7 Å². The van der Waals surface area contributed by atoms with E-state index in [0.29, 0.717) is 23.7 Å². The van der Waals surface area contributed by atoms with Crippen molar-refractivity contribution < 1.29 is 4.79 Å². The number of hydrogen-bond acceptors (Lipinski definition) is 1. The van der Waals surface area contributed by atoms with Gasteiger partial charge >= 0.3 is 0 Å². The van der Waals surface area contributed by atoms with Gasteiger partial charge in [-0.15, -0.1) is 11.6 Å². The fourth-order valence-electron chi connectivity index (χ4n) is 1.07. The zero-order valence-corrected chi connectivity index (χ0v) is 10.5. The van der Waals surface area contributed by atoms with Crippen LogP contribution in [0, 0.1) is 0 Å². The summed E-state index contributed by atoms with van der Waals surface area (Å²) in [5.74, 6) is 0.483. The van der Waals surface area contributed by atoms with E-state index in [-0.39, 0.29) is 5.78 Å². The summed E-state index contributed by atoms with van der Waals surface area (Å²) in [6.45, 7) is 0. The third kappa shape index (κ3) is 3.60. The van der Waals surface area contributed by atoms with Gasteiger partial charge in [-0.25, -0.2) is 0 Å². The van der Waals surface area contributed by atoms with Crippen molar-refractivity contribution in [3.05, 3.63) is 33.3 Å². The molecule has 1 aromatic carbocycles. The molecule has 1 rings (SSSR count). The van der Waals surface area contributed by atoms with Gasteiger partial charge in [0.05, 0.1) is 0 Å². The Bertz CT molecular complexity index is 339. The molecular weight excluding hydrogens is 287 g/mol. The van der Waals surface area contributed by atoms with Gasteiger partial charge in [-0.05, 0) is 17.7 Å². The Morgan fingerprint density at radius 2 is 2.14 bits per heavy atom. The van der Waals surface area contributed by atoms with Crippen LogP contribution in [0.15, 0.2) is 22.7 Å². The van der Waals surface area contributed by atoms with Crippen LogP contribution in [0.25, 0.3) is 0 Å². The van der Waals surface area contributed by atoms with Crippen LogP contribution in [0.3, 0.4) is 0 Å². The zero-order valence-electron chi connectivity index (χ0n) is 7.40. The second kappa shape index (κ2) is 5.74. The zero-order chi connectivity index (χ0) is 10.6. The number of carbonyl (C=O) groups excluding carboxylic acids is 1. The van der Waals surface area contributed by atoms with E-state index in [4.69, 9.17) is 23.2 Å². The summed E-state index contributed by atoms with van der Waals surface area (Å²) in [5.41, 5.74) is 0.852. The minimum absolute atomic E-state index is 0.115. The van der Waals surface area contributed by atoms with Crippen LogP contribution in [0.5, 0.6) is 0 Å². The van der Waals surface area contributed by atoms with Gasteiger partial charge in [0.25, 0.3) is 0 Å². The van der Waals surface area contributed by atoms with Crippen LogP contribution in [-0.2, 0) is 11.2 Å². The molecule has 0 unspecified atom stereocenters. The molecule has 0 aromatic heterocycles. The van der Waals surface area contributed by atoms with Crippen molar-refractivity contribution >= 4 is 44.9 Å². The molecule has 1 aromatic rings. The fourth-order valence-corrected chi connectivity index (χ4v) is 2.02. The summed E-state index contributed by atoms with van der Waals surface area (Å²) in [4.78, 5) is 11.3. The van der Waals surface area contributed by atoms with E-state index < -0.39 is 0 Å². The maximum atomic E-state index is 11.3. The minimum Gasteiger partial charge on any atom is -0.299 e. The standard InChI is InChI=1S/C10H9BrCl2O/c11-8-2-1-7(10(13)6-8)5-9(14)3-4-12/h1-2,6H,3-5H2. The van der Waals surface area contributed by atoms with Gasteiger partial charge in [0, 0.05) is 28.2 Å². The van der Waals surface area contributed by atoms with Gasteiger partial charge < -0.3 is 0 Å². The van der Waals surface area contributed by atoms with Crippen molar-refractivity contribution in [2.24, 2.45) is 0 Å². The van der Waals surface area contributed by atoms with Gasteiger partial charge in [-0.1, -0.05) is 33.6 Å². The number of alkyl halides is 1. The summed E-state index contributed by atoms with van der Waals surface area (Å²) in [5, 5.41) is 0.613. The van der Waals surface area contributed by atoms with Crippen molar-refractivity contribution in [3.63, 3.8) is 0 Å². The lowest BCUT2D eigenvalue weighted by molar-refractivity contribution is -0.118. The molecule has 0 aliphatic carbocycles. The second-order valence-corrected chi connectivity index (χ2v) is 4.59. The SMILES string of the molecule is O=C(CCCl)Cc1ccc(Br)cc1Cl. The maximum absolute atomic E-state index is 11.3. The molecule has 0 aliphatic rings.